The number of likely N-dealkylation sites (tertiary alicyclic amines) is 1. The van der Waals surface area contributed by atoms with Crippen molar-refractivity contribution in [2.24, 2.45) is 5.73 Å². The zero-order valence-corrected chi connectivity index (χ0v) is 24.1. The van der Waals surface area contributed by atoms with E-state index in [0.717, 1.165) is 52.8 Å². The number of aromatic nitrogens is 1. The third kappa shape index (κ3) is 8.71. The molecule has 1 amide bonds. The highest BCUT2D eigenvalue weighted by Crippen LogP contribution is 2.22. The third-order valence-corrected chi connectivity index (χ3v) is 8.33. The SMILES string of the molecule is Cc1cccc(C[C@H](O)C=C[C@H]2CCC(=O)N2CCSCCCCOC(=O)[C@@H](N)Cc2c[nH]c3ccccc23)c1. The number of nitrogens with two attached hydrogens (primary N) is 1. The lowest BCUT2D eigenvalue weighted by molar-refractivity contribution is -0.145. The topological polar surface area (TPSA) is 109 Å². The van der Waals surface area contributed by atoms with Gasteiger partial charge in [0.1, 0.15) is 6.04 Å². The molecule has 0 saturated carbocycles. The van der Waals surface area contributed by atoms with Crippen LogP contribution in [0.3, 0.4) is 0 Å². The van der Waals surface area contributed by atoms with E-state index in [9.17, 15) is 14.7 Å². The number of unbranched alkanes of at least 4 members (excludes halogenated alkanes) is 1. The highest BCUT2D eigenvalue weighted by Gasteiger charge is 2.28. The highest BCUT2D eigenvalue weighted by molar-refractivity contribution is 7.99. The van der Waals surface area contributed by atoms with Crippen LogP contribution in [-0.4, -0.2) is 69.7 Å². The largest absolute Gasteiger partial charge is 0.465 e. The molecule has 0 unspecified atom stereocenters. The van der Waals surface area contributed by atoms with E-state index in [2.05, 4.69) is 11.1 Å². The van der Waals surface area contributed by atoms with Crippen molar-refractivity contribution in [3.05, 3.63) is 83.6 Å². The number of nitrogens with zero attached hydrogens (tertiary/aromatic N) is 1. The molecule has 0 aliphatic carbocycles. The van der Waals surface area contributed by atoms with Crippen molar-refractivity contribution in [2.45, 2.75) is 63.6 Å². The molecule has 0 bridgehead atoms. The van der Waals surface area contributed by atoms with E-state index in [0.29, 0.717) is 32.4 Å². The fourth-order valence-electron chi connectivity index (χ4n) is 5.12. The molecular formula is C32H41N3O4S. The second-order valence-electron chi connectivity index (χ2n) is 10.5. The molecule has 2 aromatic carbocycles. The van der Waals surface area contributed by atoms with Gasteiger partial charge in [-0.25, -0.2) is 0 Å². The van der Waals surface area contributed by atoms with Crippen LogP contribution in [0.2, 0.25) is 0 Å². The molecule has 1 saturated heterocycles. The van der Waals surface area contributed by atoms with Crippen molar-refractivity contribution in [3.8, 4) is 0 Å². The molecule has 2 heterocycles. The first-order valence-electron chi connectivity index (χ1n) is 14.2. The number of nitrogens with one attached hydrogen (secondary N) is 1. The Morgan fingerprint density at radius 2 is 2.05 bits per heavy atom. The molecule has 214 valence electrons. The Morgan fingerprint density at radius 3 is 2.90 bits per heavy atom. The predicted molar refractivity (Wildman–Crippen MR) is 162 cm³/mol. The molecule has 4 rings (SSSR count). The maximum Gasteiger partial charge on any atom is 0.323 e. The van der Waals surface area contributed by atoms with Crippen LogP contribution in [0.4, 0.5) is 0 Å². The zero-order chi connectivity index (χ0) is 28.3. The Hall–Kier alpha value is -3.07. The molecule has 8 heteroatoms. The number of carbonyl (C=O) groups excluding carboxylic acids is 2. The number of fused-ring (bicyclic) bond motifs is 1. The number of rotatable bonds is 15. The summed E-state index contributed by atoms with van der Waals surface area (Å²) in [6.45, 7) is 3.11. The number of aliphatic hydroxyl groups is 1. The normalized spacial score (nSPS) is 17.1. The number of hydrogen-bond acceptors (Lipinski definition) is 6. The van der Waals surface area contributed by atoms with Crippen LogP contribution in [0.1, 0.15) is 42.4 Å². The zero-order valence-electron chi connectivity index (χ0n) is 23.3. The number of ether oxygens (including phenoxy) is 1. The van der Waals surface area contributed by atoms with Gasteiger partial charge in [-0.2, -0.15) is 11.8 Å². The van der Waals surface area contributed by atoms with E-state index >= 15 is 0 Å². The van der Waals surface area contributed by atoms with Gasteiger partial charge in [0.2, 0.25) is 5.91 Å². The predicted octanol–water partition coefficient (Wildman–Crippen LogP) is 4.55. The molecule has 7 nitrogen and oxygen atoms in total. The number of para-hydroxylation sites is 1. The summed E-state index contributed by atoms with van der Waals surface area (Å²) in [5.74, 6) is 1.61. The van der Waals surface area contributed by atoms with Gasteiger partial charge in [-0.1, -0.05) is 60.2 Å². The molecule has 1 aromatic heterocycles. The number of esters is 1. The summed E-state index contributed by atoms with van der Waals surface area (Å²) in [5, 5.41) is 11.5. The fraction of sp³-hybridized carbons (Fsp3) is 0.438. The van der Waals surface area contributed by atoms with E-state index in [1.165, 1.54) is 5.56 Å². The minimum absolute atomic E-state index is 0.0492. The third-order valence-electron chi connectivity index (χ3n) is 7.28. The van der Waals surface area contributed by atoms with Crippen molar-refractivity contribution < 1.29 is 19.4 Å². The van der Waals surface area contributed by atoms with Gasteiger partial charge in [0.05, 0.1) is 18.8 Å². The number of H-pyrrole nitrogens is 1. The monoisotopic (exact) mass is 563 g/mol. The van der Waals surface area contributed by atoms with Gasteiger partial charge >= 0.3 is 5.97 Å². The van der Waals surface area contributed by atoms with E-state index in [1.54, 1.807) is 11.8 Å². The number of benzene rings is 2. The number of aromatic amines is 1. The maximum atomic E-state index is 12.4. The number of aryl methyl sites for hydroxylation is 1. The first kappa shape index (κ1) is 29.9. The smallest absolute Gasteiger partial charge is 0.323 e. The van der Waals surface area contributed by atoms with Crippen molar-refractivity contribution in [1.82, 2.24) is 9.88 Å². The van der Waals surface area contributed by atoms with E-state index in [-0.39, 0.29) is 17.9 Å². The van der Waals surface area contributed by atoms with Crippen molar-refractivity contribution in [2.75, 3.05) is 24.7 Å². The summed E-state index contributed by atoms with van der Waals surface area (Å²) < 4.78 is 5.41. The van der Waals surface area contributed by atoms with Crippen LogP contribution in [0.5, 0.6) is 0 Å². The highest BCUT2D eigenvalue weighted by atomic mass is 32.2. The quantitative estimate of drug-likeness (QED) is 0.142. The van der Waals surface area contributed by atoms with E-state index < -0.39 is 12.1 Å². The van der Waals surface area contributed by atoms with E-state index in [1.807, 2.05) is 72.6 Å². The van der Waals surface area contributed by atoms with E-state index in [4.69, 9.17) is 10.5 Å². The summed E-state index contributed by atoms with van der Waals surface area (Å²) >= 11 is 1.80. The first-order chi connectivity index (χ1) is 19.4. The van der Waals surface area contributed by atoms with Crippen LogP contribution >= 0.6 is 11.8 Å². The lowest BCUT2D eigenvalue weighted by Crippen LogP contribution is -2.34. The molecule has 1 aliphatic rings. The number of thioether (sulfide) groups is 1. The Bertz CT molecular complexity index is 1290. The van der Waals surface area contributed by atoms with Crippen LogP contribution in [0.25, 0.3) is 10.9 Å². The van der Waals surface area contributed by atoms with Gasteiger partial charge in [-0.15, -0.1) is 0 Å². The summed E-state index contributed by atoms with van der Waals surface area (Å²) in [6, 6.07) is 15.5. The van der Waals surface area contributed by atoms with Crippen LogP contribution in [0.15, 0.2) is 66.9 Å². The summed E-state index contributed by atoms with van der Waals surface area (Å²) in [6.07, 6.45) is 9.24. The van der Waals surface area contributed by atoms with Crippen molar-refractivity contribution in [3.63, 3.8) is 0 Å². The van der Waals surface area contributed by atoms with Gasteiger partial charge in [0.15, 0.2) is 0 Å². The molecular weight excluding hydrogens is 522 g/mol. The Kier molecular flexibility index (Phi) is 11.3. The van der Waals surface area contributed by atoms with Crippen LogP contribution in [-0.2, 0) is 27.2 Å². The average molecular weight is 564 g/mol. The summed E-state index contributed by atoms with van der Waals surface area (Å²) in [5.41, 5.74) is 10.4. The number of amides is 1. The second-order valence-corrected chi connectivity index (χ2v) is 11.7. The standard InChI is InChI=1S/C32H41N3O4S/c1-23-7-6-8-24(19-23)20-27(36)13-11-26-12-14-31(37)35(26)15-18-40-17-5-4-16-39-32(38)29(33)21-25-22-34-30-10-3-2-9-28(25)30/h2-3,6-11,13,19,22,26-27,29,34,36H,4-5,12,14-18,20-21,33H2,1H3/t26-,27+,29-/m0/s1. The minimum Gasteiger partial charge on any atom is -0.465 e. The van der Waals surface area contributed by atoms with Gasteiger partial charge in [0.25, 0.3) is 0 Å². The van der Waals surface area contributed by atoms with Gasteiger partial charge < -0.3 is 25.5 Å². The number of hydrogen-bond donors (Lipinski definition) is 3. The Labute approximate surface area is 241 Å². The minimum atomic E-state index is -0.683. The Balaban J connectivity index is 1.08. The average Bonchev–Trinajstić information content (AvgIpc) is 3.51. The Morgan fingerprint density at radius 1 is 1.20 bits per heavy atom. The lowest BCUT2D eigenvalue weighted by atomic mass is 10.0. The maximum absolute atomic E-state index is 12.4. The summed E-state index contributed by atoms with van der Waals surface area (Å²) in [7, 11) is 0. The lowest BCUT2D eigenvalue weighted by Gasteiger charge is -2.22. The molecule has 3 aromatic rings. The molecule has 0 radical (unpaired) electrons. The molecule has 3 atom stereocenters. The number of carbonyl (C=O) groups is 2. The van der Waals surface area contributed by atoms with Gasteiger partial charge in [-0.05, 0) is 49.1 Å². The molecule has 0 spiro atoms. The van der Waals surface area contributed by atoms with Crippen molar-refractivity contribution >= 4 is 34.5 Å². The van der Waals surface area contributed by atoms with Crippen molar-refractivity contribution in [1.29, 1.82) is 0 Å². The van der Waals surface area contributed by atoms with Gasteiger partial charge in [-0.3, -0.25) is 9.59 Å². The molecule has 40 heavy (non-hydrogen) atoms. The fourth-order valence-corrected chi connectivity index (χ4v) is 6.06. The van der Waals surface area contributed by atoms with Crippen LogP contribution < -0.4 is 5.73 Å². The van der Waals surface area contributed by atoms with Gasteiger partial charge in [0, 0.05) is 48.7 Å². The molecule has 1 fully saturated rings. The van der Waals surface area contributed by atoms with Crippen LogP contribution in [0, 0.1) is 6.92 Å². The molecule has 4 N–H and O–H groups in total. The first-order valence-corrected chi connectivity index (χ1v) is 15.3. The summed E-state index contributed by atoms with van der Waals surface area (Å²) in [4.78, 5) is 29.9. The molecule has 1 aliphatic heterocycles. The second kappa shape index (κ2) is 15.1. The number of aliphatic hydroxyl groups excluding tert-OH is 1.